The van der Waals surface area contributed by atoms with Crippen molar-refractivity contribution in [2.24, 2.45) is 0 Å². The average Bonchev–Trinajstić information content (AvgIpc) is 2.81. The van der Waals surface area contributed by atoms with Crippen molar-refractivity contribution in [1.29, 1.82) is 0 Å². The summed E-state index contributed by atoms with van der Waals surface area (Å²) in [7, 11) is 2.22. The van der Waals surface area contributed by atoms with E-state index in [2.05, 4.69) is 85.7 Å². The quantitative estimate of drug-likeness (QED) is 0.368. The molecule has 0 aliphatic rings. The van der Waals surface area contributed by atoms with E-state index in [0.717, 1.165) is 17.4 Å². The standard InChI is InChI=1S/C15H24O.C13H22O3Si/c1-7-11(2)13-8-9-14(12(3)10-13)16-15(4,5)6;1-6-11(2)12-7-9-13(10-8-12)17(14-3,15-4)16-5/h8-11H,7H2,1-6H3;7-11H,6H2,1-5H3. The van der Waals surface area contributed by atoms with Crippen molar-refractivity contribution in [3.63, 3.8) is 0 Å². The molecule has 2 atom stereocenters. The summed E-state index contributed by atoms with van der Waals surface area (Å²) in [4.78, 5) is 0. The van der Waals surface area contributed by atoms with E-state index in [4.69, 9.17) is 18.0 Å². The lowest BCUT2D eigenvalue weighted by Gasteiger charge is -2.24. The Morgan fingerprint density at radius 3 is 1.61 bits per heavy atom. The smallest absolute Gasteiger partial charge is 0.488 e. The third-order valence-corrected chi connectivity index (χ3v) is 8.70. The Balaban J connectivity index is 0.000000331. The Morgan fingerprint density at radius 1 is 0.758 bits per heavy atom. The zero-order valence-corrected chi connectivity index (χ0v) is 23.7. The summed E-state index contributed by atoms with van der Waals surface area (Å²) >= 11 is 0. The van der Waals surface area contributed by atoms with Crippen LogP contribution in [0.15, 0.2) is 42.5 Å². The summed E-state index contributed by atoms with van der Waals surface area (Å²) in [5.74, 6) is 2.20. The monoisotopic (exact) mass is 474 g/mol. The number of ether oxygens (including phenoxy) is 1. The molecule has 5 heteroatoms. The number of rotatable bonds is 9. The topological polar surface area (TPSA) is 36.9 Å². The van der Waals surface area contributed by atoms with Gasteiger partial charge in [0.25, 0.3) is 0 Å². The van der Waals surface area contributed by atoms with Gasteiger partial charge in [0.1, 0.15) is 11.4 Å². The van der Waals surface area contributed by atoms with Crippen LogP contribution in [0.25, 0.3) is 0 Å². The Bertz CT molecular complexity index is 815. The second kappa shape index (κ2) is 13.3. The summed E-state index contributed by atoms with van der Waals surface area (Å²) in [5.41, 5.74) is 3.85. The zero-order valence-electron chi connectivity index (χ0n) is 22.7. The molecule has 2 unspecified atom stereocenters. The highest BCUT2D eigenvalue weighted by Crippen LogP contribution is 2.27. The highest BCUT2D eigenvalue weighted by atomic mass is 28.4. The number of aryl methyl sites for hydroxylation is 1. The molecule has 2 aromatic rings. The number of hydrogen-bond acceptors (Lipinski definition) is 4. The molecular formula is C28H46O4Si. The zero-order chi connectivity index (χ0) is 25.2. The molecule has 33 heavy (non-hydrogen) atoms. The summed E-state index contributed by atoms with van der Waals surface area (Å²) in [6.45, 7) is 17.3. The molecular weight excluding hydrogens is 428 g/mol. The molecule has 0 radical (unpaired) electrons. The molecule has 0 heterocycles. The van der Waals surface area contributed by atoms with Crippen molar-refractivity contribution in [2.75, 3.05) is 21.3 Å². The lowest BCUT2D eigenvalue weighted by atomic mass is 9.97. The largest absolute Gasteiger partial charge is 0.536 e. The first-order chi connectivity index (χ1) is 15.5. The SMILES string of the molecule is CCC(C)c1ccc(OC(C)(C)C)c(C)c1.CCC(C)c1ccc([Si](OC)(OC)OC)cc1. The molecule has 2 aromatic carbocycles. The van der Waals surface area contributed by atoms with Crippen molar-refractivity contribution in [2.45, 2.75) is 85.7 Å². The number of hydrogen-bond donors (Lipinski definition) is 0. The lowest BCUT2D eigenvalue weighted by molar-refractivity contribution is 0.130. The Morgan fingerprint density at radius 2 is 1.21 bits per heavy atom. The molecule has 186 valence electrons. The van der Waals surface area contributed by atoms with E-state index < -0.39 is 8.80 Å². The van der Waals surface area contributed by atoms with Crippen molar-refractivity contribution in [1.82, 2.24) is 0 Å². The maximum absolute atomic E-state index is 5.90. The first-order valence-electron chi connectivity index (χ1n) is 12.0. The van der Waals surface area contributed by atoms with Crippen LogP contribution in [-0.4, -0.2) is 35.7 Å². The molecule has 2 rings (SSSR count). The minimum Gasteiger partial charge on any atom is -0.488 e. The van der Waals surface area contributed by atoms with Crippen molar-refractivity contribution in [3.8, 4) is 5.75 Å². The van der Waals surface area contributed by atoms with Crippen molar-refractivity contribution < 1.29 is 18.0 Å². The van der Waals surface area contributed by atoms with Gasteiger partial charge in [0.05, 0.1) is 0 Å². The number of benzene rings is 2. The second-order valence-electron chi connectivity index (χ2n) is 9.65. The Hall–Kier alpha value is -1.66. The van der Waals surface area contributed by atoms with E-state index >= 15 is 0 Å². The summed E-state index contributed by atoms with van der Waals surface area (Å²) in [6, 6.07) is 14.9. The molecule has 0 aliphatic heterocycles. The molecule has 0 aromatic heterocycles. The molecule has 0 saturated carbocycles. The maximum atomic E-state index is 5.90. The second-order valence-corrected chi connectivity index (χ2v) is 12.6. The molecule has 0 bridgehead atoms. The van der Waals surface area contributed by atoms with E-state index in [1.54, 1.807) is 21.3 Å². The molecule has 0 N–H and O–H groups in total. The van der Waals surface area contributed by atoms with Gasteiger partial charge in [-0.1, -0.05) is 64.1 Å². The van der Waals surface area contributed by atoms with Crippen LogP contribution in [0, 0.1) is 6.92 Å². The van der Waals surface area contributed by atoms with E-state index in [-0.39, 0.29) is 5.60 Å². The molecule has 0 aliphatic carbocycles. The minimum atomic E-state index is -2.66. The van der Waals surface area contributed by atoms with Crippen LogP contribution in [-0.2, 0) is 13.3 Å². The van der Waals surface area contributed by atoms with Gasteiger partial charge in [-0.05, 0) is 75.1 Å². The van der Waals surface area contributed by atoms with E-state index in [1.165, 1.54) is 23.1 Å². The van der Waals surface area contributed by atoms with Gasteiger partial charge in [0.15, 0.2) is 0 Å². The normalized spacial score (nSPS) is 13.7. The van der Waals surface area contributed by atoms with Gasteiger partial charge in [-0.2, -0.15) is 0 Å². The predicted octanol–water partition coefficient (Wildman–Crippen LogP) is 6.97. The third-order valence-electron chi connectivity index (χ3n) is 6.05. The summed E-state index contributed by atoms with van der Waals surface area (Å²) < 4.78 is 22.2. The summed E-state index contributed by atoms with van der Waals surface area (Å²) in [5, 5.41) is 0.997. The van der Waals surface area contributed by atoms with Gasteiger partial charge < -0.3 is 18.0 Å². The Kier molecular flexibility index (Phi) is 11.8. The fourth-order valence-corrected chi connectivity index (χ4v) is 5.30. The first kappa shape index (κ1) is 29.4. The minimum absolute atomic E-state index is 0.122. The first-order valence-corrected chi connectivity index (χ1v) is 13.7. The fourth-order valence-electron chi connectivity index (χ4n) is 3.51. The van der Waals surface area contributed by atoms with Gasteiger partial charge in [0, 0.05) is 26.5 Å². The molecule has 0 fully saturated rings. The van der Waals surface area contributed by atoms with Gasteiger partial charge >= 0.3 is 8.80 Å². The maximum Gasteiger partial charge on any atom is 0.536 e. The van der Waals surface area contributed by atoms with Crippen LogP contribution in [0.4, 0.5) is 0 Å². The van der Waals surface area contributed by atoms with E-state index in [0.29, 0.717) is 11.8 Å². The van der Waals surface area contributed by atoms with Crippen molar-refractivity contribution >= 4 is 14.0 Å². The van der Waals surface area contributed by atoms with E-state index in [1.807, 2.05) is 12.1 Å². The predicted molar refractivity (Wildman–Crippen MR) is 142 cm³/mol. The van der Waals surface area contributed by atoms with E-state index in [9.17, 15) is 0 Å². The van der Waals surface area contributed by atoms with Gasteiger partial charge in [0.2, 0.25) is 0 Å². The van der Waals surface area contributed by atoms with Crippen LogP contribution < -0.4 is 9.92 Å². The van der Waals surface area contributed by atoms with Crippen LogP contribution in [0.3, 0.4) is 0 Å². The molecule has 0 saturated heterocycles. The third kappa shape index (κ3) is 8.56. The molecule has 4 nitrogen and oxygen atoms in total. The highest BCUT2D eigenvalue weighted by molar-refractivity contribution is 6.75. The van der Waals surface area contributed by atoms with Crippen LogP contribution >= 0.6 is 0 Å². The Labute approximate surface area is 204 Å². The fraction of sp³-hybridized carbons (Fsp3) is 0.571. The van der Waals surface area contributed by atoms with Crippen LogP contribution in [0.1, 0.15) is 89.8 Å². The summed E-state index contributed by atoms with van der Waals surface area (Å²) in [6.07, 6.45) is 2.32. The molecule has 0 amide bonds. The van der Waals surface area contributed by atoms with Gasteiger partial charge in [-0.3, -0.25) is 0 Å². The highest BCUT2D eigenvalue weighted by Gasteiger charge is 2.40. The van der Waals surface area contributed by atoms with Crippen molar-refractivity contribution in [3.05, 3.63) is 59.2 Å². The van der Waals surface area contributed by atoms with Gasteiger partial charge in [-0.15, -0.1) is 0 Å². The lowest BCUT2D eigenvalue weighted by Crippen LogP contribution is -2.54. The molecule has 0 spiro atoms. The van der Waals surface area contributed by atoms with Crippen LogP contribution in [0.5, 0.6) is 5.75 Å². The average molecular weight is 475 g/mol. The van der Waals surface area contributed by atoms with Gasteiger partial charge in [-0.25, -0.2) is 0 Å². The van der Waals surface area contributed by atoms with Crippen LogP contribution in [0.2, 0.25) is 0 Å².